The number of likely N-dealkylation sites (N-methyl/N-ethyl adjacent to an activating group) is 1. The molecular formula is C18H24N4O3. The van der Waals surface area contributed by atoms with E-state index in [0.29, 0.717) is 5.82 Å². The van der Waals surface area contributed by atoms with E-state index in [1.807, 2.05) is 13.0 Å². The van der Waals surface area contributed by atoms with Gasteiger partial charge in [-0.1, -0.05) is 19.0 Å². The Labute approximate surface area is 147 Å². The van der Waals surface area contributed by atoms with Crippen LogP contribution in [0.3, 0.4) is 0 Å². The van der Waals surface area contributed by atoms with Crippen LogP contribution in [-0.2, 0) is 4.79 Å². The fourth-order valence-electron chi connectivity index (χ4n) is 2.55. The zero-order valence-electron chi connectivity index (χ0n) is 15.1. The smallest absolute Gasteiger partial charge is 0.292 e. The van der Waals surface area contributed by atoms with Crippen LogP contribution in [0.15, 0.2) is 28.9 Å². The maximum absolute atomic E-state index is 12.4. The lowest BCUT2D eigenvalue weighted by Crippen LogP contribution is -2.34. The number of pyridine rings is 1. The first kappa shape index (κ1) is 18.6. The van der Waals surface area contributed by atoms with E-state index in [4.69, 9.17) is 4.52 Å². The second kappa shape index (κ2) is 8.41. The Morgan fingerprint density at radius 3 is 2.64 bits per heavy atom. The largest absolute Gasteiger partial charge is 0.351 e. The van der Waals surface area contributed by atoms with Crippen molar-refractivity contribution in [3.8, 4) is 0 Å². The molecule has 0 fully saturated rings. The van der Waals surface area contributed by atoms with E-state index in [0.717, 1.165) is 24.1 Å². The van der Waals surface area contributed by atoms with Crippen LogP contribution < -0.4 is 5.32 Å². The Bertz CT molecular complexity index is 737. The van der Waals surface area contributed by atoms with Crippen molar-refractivity contribution in [3.05, 3.63) is 41.4 Å². The van der Waals surface area contributed by atoms with E-state index in [1.54, 1.807) is 25.4 Å². The Morgan fingerprint density at radius 2 is 2.00 bits per heavy atom. The molecular weight excluding hydrogens is 320 g/mol. The van der Waals surface area contributed by atoms with Gasteiger partial charge < -0.3 is 14.7 Å². The molecule has 7 nitrogen and oxygen atoms in total. The number of nitrogens with one attached hydrogen (secondary N) is 1. The van der Waals surface area contributed by atoms with Crippen LogP contribution in [-0.4, -0.2) is 40.4 Å². The van der Waals surface area contributed by atoms with Gasteiger partial charge in [0.1, 0.15) is 12.4 Å². The van der Waals surface area contributed by atoms with Gasteiger partial charge in [-0.25, -0.2) is 4.98 Å². The summed E-state index contributed by atoms with van der Waals surface area (Å²) >= 11 is 0. The molecule has 0 aliphatic heterocycles. The van der Waals surface area contributed by atoms with Crippen LogP contribution >= 0.6 is 0 Å². The molecule has 0 radical (unpaired) electrons. The highest BCUT2D eigenvalue weighted by molar-refractivity contribution is 5.97. The number of carbonyl (C=O) groups excluding carboxylic acids is 2. The van der Waals surface area contributed by atoms with Crippen molar-refractivity contribution < 1.29 is 14.1 Å². The average Bonchev–Trinajstić information content (AvgIpc) is 3.05. The van der Waals surface area contributed by atoms with E-state index in [2.05, 4.69) is 29.3 Å². The summed E-state index contributed by atoms with van der Waals surface area (Å²) in [5.41, 5.74) is 1.76. The van der Waals surface area contributed by atoms with E-state index < -0.39 is 0 Å². The minimum absolute atomic E-state index is 0.102. The lowest BCUT2D eigenvalue weighted by atomic mass is 9.99. The highest BCUT2D eigenvalue weighted by Crippen LogP contribution is 2.22. The third-order valence-electron chi connectivity index (χ3n) is 4.05. The number of anilines is 1. The molecule has 0 atom stereocenters. The number of carbonyl (C=O) groups is 2. The summed E-state index contributed by atoms with van der Waals surface area (Å²) in [6.07, 6.45) is 3.48. The number of hydrogen-bond donors (Lipinski definition) is 1. The van der Waals surface area contributed by atoms with Gasteiger partial charge in [-0.05, 0) is 37.5 Å². The molecule has 0 saturated carbocycles. The molecule has 2 amide bonds. The number of hydrogen-bond acceptors (Lipinski definition) is 5. The molecule has 1 N–H and O–H groups in total. The maximum atomic E-state index is 12.4. The third-order valence-corrected chi connectivity index (χ3v) is 4.05. The van der Waals surface area contributed by atoms with E-state index >= 15 is 0 Å². The van der Waals surface area contributed by atoms with Crippen LogP contribution in [0.2, 0.25) is 0 Å². The Kier molecular flexibility index (Phi) is 6.27. The molecule has 2 heterocycles. The zero-order chi connectivity index (χ0) is 18.4. The number of rotatable bonds is 7. The molecule has 7 heteroatoms. The van der Waals surface area contributed by atoms with Crippen molar-refractivity contribution in [2.75, 3.05) is 18.9 Å². The molecule has 0 bridgehead atoms. The van der Waals surface area contributed by atoms with Gasteiger partial charge in [-0.2, -0.15) is 0 Å². The van der Waals surface area contributed by atoms with Crippen molar-refractivity contribution in [1.29, 1.82) is 0 Å². The molecule has 0 saturated heterocycles. The molecule has 0 aliphatic carbocycles. The number of amides is 2. The topological polar surface area (TPSA) is 88.3 Å². The summed E-state index contributed by atoms with van der Waals surface area (Å²) in [7, 11) is 1.55. The summed E-state index contributed by atoms with van der Waals surface area (Å²) in [6.45, 7) is 5.95. The van der Waals surface area contributed by atoms with Crippen molar-refractivity contribution in [1.82, 2.24) is 15.0 Å². The standard InChI is InChI=1S/C18H24N4O3/c1-5-13(6-2)14-10-15(25-21-14)18(24)22(4)11-17(23)20-16-9-12(3)7-8-19-16/h7-10,13H,5-6,11H2,1-4H3,(H,19,20,23). The number of aromatic nitrogens is 2. The van der Waals surface area contributed by atoms with Crippen molar-refractivity contribution in [2.45, 2.75) is 39.5 Å². The summed E-state index contributed by atoms with van der Waals surface area (Å²) in [5, 5.41) is 6.66. The van der Waals surface area contributed by atoms with Crippen LogP contribution in [0.5, 0.6) is 0 Å². The fraction of sp³-hybridized carbons (Fsp3) is 0.444. The molecule has 2 rings (SSSR count). The van der Waals surface area contributed by atoms with Crippen molar-refractivity contribution >= 4 is 17.6 Å². The number of nitrogens with zero attached hydrogens (tertiary/aromatic N) is 3. The molecule has 0 unspecified atom stereocenters. The first-order valence-corrected chi connectivity index (χ1v) is 8.39. The first-order valence-electron chi connectivity index (χ1n) is 8.39. The summed E-state index contributed by atoms with van der Waals surface area (Å²) in [6, 6.07) is 5.27. The van der Waals surface area contributed by atoms with Gasteiger partial charge in [-0.3, -0.25) is 9.59 Å². The second-order valence-electron chi connectivity index (χ2n) is 6.06. The van der Waals surface area contributed by atoms with E-state index in [9.17, 15) is 9.59 Å². The molecule has 0 spiro atoms. The fourth-order valence-corrected chi connectivity index (χ4v) is 2.55. The lowest BCUT2D eigenvalue weighted by molar-refractivity contribution is -0.116. The minimum Gasteiger partial charge on any atom is -0.351 e. The van der Waals surface area contributed by atoms with Crippen LogP contribution in [0.1, 0.15) is 54.4 Å². The molecule has 0 aromatic carbocycles. The van der Waals surface area contributed by atoms with Crippen molar-refractivity contribution in [2.24, 2.45) is 0 Å². The van der Waals surface area contributed by atoms with Gasteiger partial charge in [0.05, 0.1) is 5.69 Å². The second-order valence-corrected chi connectivity index (χ2v) is 6.06. The van der Waals surface area contributed by atoms with Gasteiger partial charge in [-0.15, -0.1) is 0 Å². The van der Waals surface area contributed by atoms with Crippen molar-refractivity contribution in [3.63, 3.8) is 0 Å². The Balaban J connectivity index is 1.96. The Morgan fingerprint density at radius 1 is 1.28 bits per heavy atom. The number of aryl methyl sites for hydroxylation is 1. The molecule has 25 heavy (non-hydrogen) atoms. The summed E-state index contributed by atoms with van der Waals surface area (Å²) in [5.74, 6) is 0.171. The SMILES string of the molecule is CCC(CC)c1cc(C(=O)N(C)CC(=O)Nc2cc(C)ccn2)on1. The lowest BCUT2D eigenvalue weighted by Gasteiger charge is -2.14. The van der Waals surface area contributed by atoms with E-state index in [1.165, 1.54) is 4.90 Å². The molecule has 2 aromatic rings. The Hall–Kier alpha value is -2.70. The van der Waals surface area contributed by atoms with Crippen LogP contribution in [0, 0.1) is 6.92 Å². The van der Waals surface area contributed by atoms with Crippen LogP contribution in [0.25, 0.3) is 0 Å². The predicted molar refractivity (Wildman–Crippen MR) is 94.4 cm³/mol. The van der Waals surface area contributed by atoms with Gasteiger partial charge >= 0.3 is 0 Å². The normalized spacial score (nSPS) is 10.8. The third kappa shape index (κ3) is 4.89. The first-order chi connectivity index (χ1) is 11.9. The molecule has 0 aliphatic rings. The predicted octanol–water partition coefficient (Wildman–Crippen LogP) is 2.99. The van der Waals surface area contributed by atoms with Gasteiger partial charge in [0, 0.05) is 25.2 Å². The monoisotopic (exact) mass is 344 g/mol. The van der Waals surface area contributed by atoms with Crippen LogP contribution in [0.4, 0.5) is 5.82 Å². The average molecular weight is 344 g/mol. The van der Waals surface area contributed by atoms with Gasteiger partial charge in [0.15, 0.2) is 0 Å². The summed E-state index contributed by atoms with van der Waals surface area (Å²) < 4.78 is 5.16. The maximum Gasteiger partial charge on any atom is 0.292 e. The zero-order valence-corrected chi connectivity index (χ0v) is 15.1. The highest BCUT2D eigenvalue weighted by Gasteiger charge is 2.21. The quantitative estimate of drug-likeness (QED) is 0.834. The summed E-state index contributed by atoms with van der Waals surface area (Å²) in [4.78, 5) is 29.8. The minimum atomic E-state index is -0.378. The molecule has 2 aromatic heterocycles. The van der Waals surface area contributed by atoms with Gasteiger partial charge in [0.2, 0.25) is 11.7 Å². The highest BCUT2D eigenvalue weighted by atomic mass is 16.5. The molecule has 134 valence electrons. The van der Waals surface area contributed by atoms with E-state index in [-0.39, 0.29) is 30.0 Å². The van der Waals surface area contributed by atoms with Gasteiger partial charge in [0.25, 0.3) is 5.91 Å².